The third-order valence-corrected chi connectivity index (χ3v) is 6.17. The zero-order chi connectivity index (χ0) is 20.6. The summed E-state index contributed by atoms with van der Waals surface area (Å²) in [6, 6.07) is 10.8. The van der Waals surface area contributed by atoms with Crippen LogP contribution in [0.25, 0.3) is 0 Å². The van der Waals surface area contributed by atoms with Gasteiger partial charge in [-0.3, -0.25) is 14.3 Å². The molecule has 0 unspecified atom stereocenters. The average Bonchev–Trinajstić information content (AvgIpc) is 2.72. The monoisotopic (exact) mass is 416 g/mol. The smallest absolute Gasteiger partial charge is 0.268 e. The van der Waals surface area contributed by atoms with Gasteiger partial charge >= 0.3 is 0 Å². The van der Waals surface area contributed by atoms with Gasteiger partial charge < -0.3 is 9.64 Å². The molecule has 0 atom stereocenters. The molecule has 0 radical (unpaired) electrons. The number of hydrogen-bond acceptors (Lipinski definition) is 6. The van der Waals surface area contributed by atoms with Crippen LogP contribution in [0.1, 0.15) is 20.7 Å². The van der Waals surface area contributed by atoms with Gasteiger partial charge in [0, 0.05) is 29.9 Å². The third kappa shape index (κ3) is 3.54. The van der Waals surface area contributed by atoms with Crippen molar-refractivity contribution in [1.82, 2.24) is 4.90 Å². The predicted octanol–water partition coefficient (Wildman–Crippen LogP) is 2.19. The highest BCUT2D eigenvalue weighted by Gasteiger charge is 2.41. The number of ether oxygens (including phenoxy) is 1. The maximum Gasteiger partial charge on any atom is 0.268 e. The summed E-state index contributed by atoms with van der Waals surface area (Å²) >= 11 is 0. The minimum absolute atomic E-state index is 0.0361. The standard InChI is InChI=1S/C20H17FN2O5S/c21-13-5-7-14(8-6-13)22-29(26,27)20-17(23-9-11-28-12-10-23)18(24)15-3-1-2-4-16(15)19(20)25/h1-8,22H,9-12H2. The number of rotatable bonds is 4. The molecular weight excluding hydrogens is 399 g/mol. The number of carbonyl (C=O) groups is 2. The highest BCUT2D eigenvalue weighted by Crippen LogP contribution is 2.32. The Morgan fingerprint density at radius 2 is 1.48 bits per heavy atom. The molecule has 29 heavy (non-hydrogen) atoms. The van der Waals surface area contributed by atoms with Crippen molar-refractivity contribution < 1.29 is 27.1 Å². The normalized spacial score (nSPS) is 17.3. The van der Waals surface area contributed by atoms with Crippen molar-refractivity contribution in [1.29, 1.82) is 0 Å². The van der Waals surface area contributed by atoms with Crippen molar-refractivity contribution in [2.24, 2.45) is 0 Å². The van der Waals surface area contributed by atoms with E-state index in [9.17, 15) is 22.4 Å². The molecule has 7 nitrogen and oxygen atoms in total. The van der Waals surface area contributed by atoms with Crippen LogP contribution in [0.15, 0.2) is 59.1 Å². The van der Waals surface area contributed by atoms with E-state index in [1.54, 1.807) is 17.0 Å². The number of allylic oxidation sites excluding steroid dienone is 2. The van der Waals surface area contributed by atoms with Crippen molar-refractivity contribution in [2.45, 2.75) is 0 Å². The van der Waals surface area contributed by atoms with Gasteiger partial charge in [-0.1, -0.05) is 24.3 Å². The topological polar surface area (TPSA) is 92.8 Å². The summed E-state index contributed by atoms with van der Waals surface area (Å²) in [5, 5.41) is 0. The van der Waals surface area contributed by atoms with Crippen molar-refractivity contribution in [3.8, 4) is 0 Å². The summed E-state index contributed by atoms with van der Waals surface area (Å²) in [6.07, 6.45) is 0. The number of sulfonamides is 1. The Kier molecular flexibility index (Phi) is 4.93. The fourth-order valence-electron chi connectivity index (χ4n) is 3.39. The number of halogens is 1. The zero-order valence-corrected chi connectivity index (χ0v) is 16.0. The lowest BCUT2D eigenvalue weighted by Crippen LogP contribution is -2.43. The van der Waals surface area contributed by atoms with Crippen LogP contribution in [-0.2, 0) is 14.8 Å². The number of Topliss-reactive ketones (excluding diaryl/α,β-unsaturated/α-hetero) is 2. The fraction of sp³-hybridized carbons (Fsp3) is 0.200. The highest BCUT2D eigenvalue weighted by molar-refractivity contribution is 7.97. The van der Waals surface area contributed by atoms with Crippen LogP contribution in [0.2, 0.25) is 0 Å². The first kappa shape index (κ1) is 19.3. The molecule has 150 valence electrons. The molecule has 2 aliphatic rings. The van der Waals surface area contributed by atoms with Crippen LogP contribution in [-0.4, -0.2) is 51.2 Å². The van der Waals surface area contributed by atoms with Gasteiger partial charge in [-0.25, -0.2) is 12.8 Å². The molecule has 2 aromatic carbocycles. The molecule has 1 aliphatic heterocycles. The molecule has 0 saturated carbocycles. The van der Waals surface area contributed by atoms with Gasteiger partial charge in [-0.15, -0.1) is 0 Å². The quantitative estimate of drug-likeness (QED) is 0.822. The lowest BCUT2D eigenvalue weighted by atomic mass is 9.91. The Morgan fingerprint density at radius 3 is 2.10 bits per heavy atom. The summed E-state index contributed by atoms with van der Waals surface area (Å²) in [5.74, 6) is -1.81. The average molecular weight is 416 g/mol. The molecule has 0 bridgehead atoms. The fourth-order valence-corrected chi connectivity index (χ4v) is 4.77. The zero-order valence-electron chi connectivity index (χ0n) is 15.2. The van der Waals surface area contributed by atoms with Crippen LogP contribution in [0, 0.1) is 5.82 Å². The van der Waals surface area contributed by atoms with Gasteiger partial charge in [0.25, 0.3) is 10.0 Å². The molecule has 1 saturated heterocycles. The first-order chi connectivity index (χ1) is 13.9. The lowest BCUT2D eigenvalue weighted by molar-refractivity contribution is 0.0499. The number of morpholine rings is 1. The summed E-state index contributed by atoms with van der Waals surface area (Å²) < 4.78 is 47.1. The van der Waals surface area contributed by atoms with Gasteiger partial charge in [0.05, 0.1) is 13.2 Å². The van der Waals surface area contributed by atoms with E-state index in [1.807, 2.05) is 0 Å². The SMILES string of the molecule is O=C1C(N2CCOCC2)=C(S(=O)(=O)Nc2ccc(F)cc2)C(=O)c2ccccc21. The second kappa shape index (κ2) is 7.41. The van der Waals surface area contributed by atoms with Crippen LogP contribution in [0.4, 0.5) is 10.1 Å². The van der Waals surface area contributed by atoms with E-state index in [0.717, 1.165) is 12.1 Å². The van der Waals surface area contributed by atoms with E-state index in [0.29, 0.717) is 13.2 Å². The lowest BCUT2D eigenvalue weighted by Gasteiger charge is -2.33. The van der Waals surface area contributed by atoms with Crippen LogP contribution in [0.3, 0.4) is 0 Å². The van der Waals surface area contributed by atoms with Gasteiger partial charge in [0.1, 0.15) is 11.5 Å². The minimum Gasteiger partial charge on any atom is -0.378 e. The molecule has 1 aliphatic carbocycles. The maximum absolute atomic E-state index is 13.2. The van der Waals surface area contributed by atoms with Gasteiger partial charge in [-0.05, 0) is 24.3 Å². The largest absolute Gasteiger partial charge is 0.378 e. The maximum atomic E-state index is 13.2. The van der Waals surface area contributed by atoms with Crippen LogP contribution >= 0.6 is 0 Å². The van der Waals surface area contributed by atoms with E-state index in [1.165, 1.54) is 24.3 Å². The van der Waals surface area contributed by atoms with Crippen LogP contribution < -0.4 is 4.72 Å². The summed E-state index contributed by atoms with van der Waals surface area (Å²) in [5.41, 5.74) is 0.125. The number of hydrogen-bond donors (Lipinski definition) is 1. The number of benzene rings is 2. The molecule has 1 fully saturated rings. The number of nitrogens with zero attached hydrogens (tertiary/aromatic N) is 1. The summed E-state index contributed by atoms with van der Waals surface area (Å²) in [7, 11) is -4.42. The van der Waals surface area contributed by atoms with Crippen molar-refractivity contribution in [2.75, 3.05) is 31.0 Å². The molecule has 9 heteroatoms. The van der Waals surface area contributed by atoms with Crippen molar-refractivity contribution >= 4 is 27.3 Å². The Bertz CT molecular complexity index is 1120. The van der Waals surface area contributed by atoms with Crippen molar-refractivity contribution in [3.63, 3.8) is 0 Å². The van der Waals surface area contributed by atoms with Gasteiger partial charge in [0.15, 0.2) is 4.91 Å². The number of fused-ring (bicyclic) bond motifs is 1. The first-order valence-electron chi connectivity index (χ1n) is 8.92. The summed E-state index contributed by atoms with van der Waals surface area (Å²) in [6.45, 7) is 1.19. The Hall–Kier alpha value is -3.04. The molecule has 1 heterocycles. The molecule has 0 aromatic heterocycles. The Labute approximate surface area is 166 Å². The second-order valence-corrected chi connectivity index (χ2v) is 8.21. The number of anilines is 1. The molecular formula is C20H17FN2O5S. The first-order valence-corrected chi connectivity index (χ1v) is 10.4. The molecule has 1 N–H and O–H groups in total. The molecule has 0 amide bonds. The minimum atomic E-state index is -4.42. The van der Waals surface area contributed by atoms with E-state index in [2.05, 4.69) is 4.72 Å². The third-order valence-electron chi connectivity index (χ3n) is 4.75. The van der Waals surface area contributed by atoms with Crippen LogP contribution in [0.5, 0.6) is 0 Å². The van der Waals surface area contributed by atoms with E-state index in [4.69, 9.17) is 4.74 Å². The highest BCUT2D eigenvalue weighted by atomic mass is 32.2. The van der Waals surface area contributed by atoms with E-state index < -0.39 is 32.3 Å². The second-order valence-electron chi connectivity index (χ2n) is 6.59. The predicted molar refractivity (Wildman–Crippen MR) is 103 cm³/mol. The number of ketones is 2. The van der Waals surface area contributed by atoms with Crippen molar-refractivity contribution in [3.05, 3.63) is 76.1 Å². The number of nitrogens with one attached hydrogen (secondary N) is 1. The van der Waals surface area contributed by atoms with Gasteiger partial charge in [-0.2, -0.15) is 0 Å². The Morgan fingerprint density at radius 1 is 0.897 bits per heavy atom. The molecule has 2 aromatic rings. The van der Waals surface area contributed by atoms with Gasteiger partial charge in [0.2, 0.25) is 11.6 Å². The summed E-state index contributed by atoms with van der Waals surface area (Å²) in [4.78, 5) is 27.3. The molecule has 0 spiro atoms. The Balaban J connectivity index is 1.85. The van der Waals surface area contributed by atoms with E-state index >= 15 is 0 Å². The number of carbonyl (C=O) groups excluding carboxylic acids is 2. The molecule has 4 rings (SSSR count). The van der Waals surface area contributed by atoms with E-state index in [-0.39, 0.29) is 35.6 Å².